The van der Waals surface area contributed by atoms with Gasteiger partial charge in [-0.3, -0.25) is 9.63 Å². The lowest BCUT2D eigenvalue weighted by molar-refractivity contribution is -0.198. The second-order valence-corrected chi connectivity index (χ2v) is 4.81. The van der Waals surface area contributed by atoms with Gasteiger partial charge in [-0.1, -0.05) is 0 Å². The maximum absolute atomic E-state index is 12.1. The van der Waals surface area contributed by atoms with Gasteiger partial charge in [0, 0.05) is 6.54 Å². The van der Waals surface area contributed by atoms with Gasteiger partial charge in [0.1, 0.15) is 6.04 Å². The normalized spacial score (nSPS) is 17.6. The summed E-state index contributed by atoms with van der Waals surface area (Å²) < 4.78 is 0. The Morgan fingerprint density at radius 1 is 1.53 bits per heavy atom. The summed E-state index contributed by atoms with van der Waals surface area (Å²) in [7, 11) is 0. The number of carbonyl (C=O) groups excluding carboxylic acids is 2. The number of hydroxylamine groups is 2. The Hall–Kier alpha value is -0.950. The molecule has 0 aliphatic carbocycles. The largest absolute Gasteiger partial charge is 0.352 e. The quantitative estimate of drug-likeness (QED) is 0.747. The van der Waals surface area contributed by atoms with Gasteiger partial charge in [0.15, 0.2) is 0 Å². The zero-order valence-corrected chi connectivity index (χ0v) is 10.8. The molecule has 0 aromatic carbocycles. The summed E-state index contributed by atoms with van der Waals surface area (Å²) in [5.41, 5.74) is 5.06. The van der Waals surface area contributed by atoms with Crippen molar-refractivity contribution in [1.82, 2.24) is 10.4 Å². The van der Waals surface area contributed by atoms with Gasteiger partial charge in [-0.25, -0.2) is 9.86 Å². The van der Waals surface area contributed by atoms with Crippen LogP contribution in [-0.4, -0.2) is 48.2 Å². The predicted molar refractivity (Wildman–Crippen MR) is 66.4 cm³/mol. The Bertz CT molecular complexity index is 270. The lowest BCUT2D eigenvalue weighted by atomic mass is 10.2. The Kier molecular flexibility index (Phi) is 6.13. The number of hydrogen-bond donors (Lipinski definition) is 2. The zero-order valence-electron chi connectivity index (χ0n) is 9.98. The van der Waals surface area contributed by atoms with Crippen molar-refractivity contribution < 1.29 is 14.4 Å². The maximum Gasteiger partial charge on any atom is 0.312 e. The molecule has 1 aliphatic heterocycles. The van der Waals surface area contributed by atoms with Crippen LogP contribution in [0.3, 0.4) is 0 Å². The van der Waals surface area contributed by atoms with Crippen molar-refractivity contribution in [3.05, 3.63) is 0 Å². The van der Waals surface area contributed by atoms with Crippen LogP contribution in [0, 0.1) is 0 Å². The second-order valence-electron chi connectivity index (χ2n) is 3.82. The smallest absolute Gasteiger partial charge is 0.312 e. The second kappa shape index (κ2) is 7.39. The third-order valence-corrected chi connectivity index (χ3v) is 3.12. The number of urea groups is 1. The molecule has 1 atom stereocenters. The van der Waals surface area contributed by atoms with E-state index in [-0.39, 0.29) is 5.91 Å². The van der Waals surface area contributed by atoms with E-state index < -0.39 is 12.1 Å². The monoisotopic (exact) mass is 261 g/mol. The molecular weight excluding hydrogens is 242 g/mol. The summed E-state index contributed by atoms with van der Waals surface area (Å²) in [6, 6.07) is -1.26. The molecule has 1 rings (SSSR count). The fourth-order valence-electron chi connectivity index (χ4n) is 1.61. The zero-order chi connectivity index (χ0) is 12.7. The van der Waals surface area contributed by atoms with Gasteiger partial charge in [-0.05, 0) is 31.3 Å². The molecule has 0 aromatic rings. The van der Waals surface area contributed by atoms with Gasteiger partial charge in [0.25, 0.3) is 5.91 Å². The lowest BCUT2D eigenvalue weighted by Crippen LogP contribution is -2.51. The molecule has 6 nitrogen and oxygen atoms in total. The highest BCUT2D eigenvalue weighted by Gasteiger charge is 2.27. The van der Waals surface area contributed by atoms with Gasteiger partial charge in [0.05, 0.1) is 6.61 Å². The Labute approximate surface area is 105 Å². The molecule has 0 radical (unpaired) electrons. The number of carbonyl (C=O) groups is 2. The molecule has 17 heavy (non-hydrogen) atoms. The van der Waals surface area contributed by atoms with Crippen molar-refractivity contribution in [1.29, 1.82) is 0 Å². The van der Waals surface area contributed by atoms with Crippen LogP contribution in [0.5, 0.6) is 0 Å². The van der Waals surface area contributed by atoms with Gasteiger partial charge in [-0.15, -0.1) is 0 Å². The molecule has 1 unspecified atom stereocenters. The average Bonchev–Trinajstić information content (AvgIpc) is 2.34. The number of nitrogens with zero attached hydrogens (tertiary/aromatic N) is 1. The standard InChI is InChI=1S/C10H19N3O3S/c1-17-7-4-8(12-10(11)15)9(14)13-5-2-3-6-16-13/h8H,2-7H2,1H3,(H3,11,12,15). The Morgan fingerprint density at radius 3 is 2.82 bits per heavy atom. The summed E-state index contributed by atoms with van der Waals surface area (Å²) in [6.07, 6.45) is 4.39. The van der Waals surface area contributed by atoms with Crippen molar-refractivity contribution in [3.8, 4) is 0 Å². The molecule has 0 bridgehead atoms. The van der Waals surface area contributed by atoms with Crippen LogP contribution in [0.15, 0.2) is 0 Å². The highest BCUT2D eigenvalue weighted by Crippen LogP contribution is 2.10. The van der Waals surface area contributed by atoms with E-state index in [1.807, 2.05) is 6.26 Å². The number of amides is 3. The van der Waals surface area contributed by atoms with Crippen LogP contribution in [0.25, 0.3) is 0 Å². The molecule has 98 valence electrons. The highest BCUT2D eigenvalue weighted by molar-refractivity contribution is 7.98. The van der Waals surface area contributed by atoms with E-state index in [0.717, 1.165) is 18.6 Å². The van der Waals surface area contributed by atoms with Gasteiger partial charge in [0.2, 0.25) is 0 Å². The molecule has 1 saturated heterocycles. The topological polar surface area (TPSA) is 84.7 Å². The minimum Gasteiger partial charge on any atom is -0.352 e. The Balaban J connectivity index is 2.53. The van der Waals surface area contributed by atoms with Crippen LogP contribution in [0.4, 0.5) is 4.79 Å². The summed E-state index contributed by atoms with van der Waals surface area (Å²) in [5.74, 6) is 0.572. The third-order valence-electron chi connectivity index (χ3n) is 2.47. The summed E-state index contributed by atoms with van der Waals surface area (Å²) in [6.45, 7) is 1.13. The first kappa shape index (κ1) is 14.1. The first-order valence-electron chi connectivity index (χ1n) is 5.64. The van der Waals surface area contributed by atoms with E-state index in [9.17, 15) is 9.59 Å². The number of hydrogen-bond acceptors (Lipinski definition) is 4. The molecule has 1 fully saturated rings. The van der Waals surface area contributed by atoms with E-state index in [0.29, 0.717) is 19.6 Å². The lowest BCUT2D eigenvalue weighted by Gasteiger charge is -2.29. The molecule has 3 amide bonds. The van der Waals surface area contributed by atoms with Gasteiger partial charge < -0.3 is 11.1 Å². The number of primary amides is 1. The van der Waals surface area contributed by atoms with Crippen molar-refractivity contribution in [3.63, 3.8) is 0 Å². The third kappa shape index (κ3) is 4.82. The number of nitrogens with one attached hydrogen (secondary N) is 1. The number of rotatable bonds is 5. The molecule has 0 saturated carbocycles. The molecular formula is C10H19N3O3S. The summed E-state index contributed by atoms with van der Waals surface area (Å²) in [4.78, 5) is 28.2. The molecule has 0 spiro atoms. The first-order chi connectivity index (χ1) is 8.15. The van der Waals surface area contributed by atoms with E-state index >= 15 is 0 Å². The molecule has 0 aromatic heterocycles. The predicted octanol–water partition coefficient (Wildman–Crippen LogP) is 0.330. The number of thioether (sulfide) groups is 1. The minimum absolute atomic E-state index is 0.211. The maximum atomic E-state index is 12.1. The molecule has 7 heteroatoms. The SMILES string of the molecule is CSCCC(NC(N)=O)C(=O)N1CCCCO1. The molecule has 1 heterocycles. The molecule has 1 aliphatic rings. The van der Waals surface area contributed by atoms with E-state index in [1.54, 1.807) is 11.8 Å². The van der Waals surface area contributed by atoms with Crippen LogP contribution < -0.4 is 11.1 Å². The fraction of sp³-hybridized carbons (Fsp3) is 0.800. The van der Waals surface area contributed by atoms with Gasteiger partial charge in [-0.2, -0.15) is 11.8 Å². The van der Waals surface area contributed by atoms with E-state index in [4.69, 9.17) is 10.6 Å². The van der Waals surface area contributed by atoms with E-state index in [2.05, 4.69) is 5.32 Å². The van der Waals surface area contributed by atoms with Crippen molar-refractivity contribution in [2.75, 3.05) is 25.2 Å². The average molecular weight is 261 g/mol. The van der Waals surface area contributed by atoms with Crippen LogP contribution >= 0.6 is 11.8 Å². The first-order valence-corrected chi connectivity index (χ1v) is 7.03. The van der Waals surface area contributed by atoms with Crippen molar-refractivity contribution in [2.24, 2.45) is 5.73 Å². The Morgan fingerprint density at radius 2 is 2.29 bits per heavy atom. The van der Waals surface area contributed by atoms with Crippen LogP contribution in [-0.2, 0) is 9.63 Å². The van der Waals surface area contributed by atoms with Crippen LogP contribution in [0.2, 0.25) is 0 Å². The minimum atomic E-state index is -0.679. The fourth-order valence-corrected chi connectivity index (χ4v) is 2.08. The number of nitrogens with two attached hydrogens (primary N) is 1. The van der Waals surface area contributed by atoms with E-state index in [1.165, 1.54) is 5.06 Å². The summed E-state index contributed by atoms with van der Waals surface area (Å²) in [5, 5.41) is 3.80. The van der Waals surface area contributed by atoms with Crippen molar-refractivity contribution >= 4 is 23.7 Å². The molecule has 3 N–H and O–H groups in total. The van der Waals surface area contributed by atoms with Crippen molar-refractivity contribution in [2.45, 2.75) is 25.3 Å². The summed E-state index contributed by atoms with van der Waals surface area (Å²) >= 11 is 1.62. The van der Waals surface area contributed by atoms with Crippen LogP contribution in [0.1, 0.15) is 19.3 Å². The van der Waals surface area contributed by atoms with Gasteiger partial charge >= 0.3 is 6.03 Å². The highest BCUT2D eigenvalue weighted by atomic mass is 32.2.